The predicted molar refractivity (Wildman–Crippen MR) is 63.2 cm³/mol. The normalized spacial score (nSPS) is 24.4. The first kappa shape index (κ1) is 12.6. The van der Waals surface area contributed by atoms with Crippen LogP contribution in [0.4, 0.5) is 0 Å². The van der Waals surface area contributed by atoms with E-state index in [2.05, 4.69) is 0 Å². The summed E-state index contributed by atoms with van der Waals surface area (Å²) in [6, 6.07) is 0. The number of nitrogens with zero attached hydrogens (tertiary/aromatic N) is 1. The van der Waals surface area contributed by atoms with Crippen molar-refractivity contribution in [3.8, 4) is 0 Å². The van der Waals surface area contributed by atoms with E-state index in [4.69, 9.17) is 5.11 Å². The number of carbonyl (C=O) groups excluding carboxylic acids is 2. The number of rotatable bonds is 3. The average molecular weight is 239 g/mol. The van der Waals surface area contributed by atoms with E-state index >= 15 is 0 Å². The number of likely N-dealkylation sites (tertiary alicyclic amines) is 1. The first-order chi connectivity index (χ1) is 8.19. The van der Waals surface area contributed by atoms with Crippen molar-refractivity contribution < 1.29 is 14.7 Å². The topological polar surface area (TPSA) is 57.6 Å². The van der Waals surface area contributed by atoms with Crippen LogP contribution in [0, 0.1) is 5.41 Å². The van der Waals surface area contributed by atoms with Crippen molar-refractivity contribution >= 4 is 11.8 Å². The Labute approximate surface area is 102 Å². The van der Waals surface area contributed by atoms with Crippen molar-refractivity contribution in [1.29, 1.82) is 0 Å². The fourth-order valence-electron chi connectivity index (χ4n) is 3.11. The van der Waals surface area contributed by atoms with Crippen molar-refractivity contribution in [1.82, 2.24) is 4.90 Å². The Bertz CT molecular complexity index is 306. The van der Waals surface area contributed by atoms with E-state index in [1.165, 1.54) is 17.7 Å². The summed E-state index contributed by atoms with van der Waals surface area (Å²) < 4.78 is 0. The fourth-order valence-corrected chi connectivity index (χ4v) is 3.11. The number of carbonyl (C=O) groups is 2. The second kappa shape index (κ2) is 5.17. The highest BCUT2D eigenvalue weighted by Gasteiger charge is 2.50. The Morgan fingerprint density at radius 1 is 1.12 bits per heavy atom. The van der Waals surface area contributed by atoms with Crippen LogP contribution >= 0.6 is 0 Å². The molecule has 96 valence electrons. The molecule has 0 atom stereocenters. The summed E-state index contributed by atoms with van der Waals surface area (Å²) in [4.78, 5) is 25.7. The molecule has 1 heterocycles. The number of amides is 2. The third-order valence-corrected chi connectivity index (χ3v) is 4.09. The average Bonchev–Trinajstić information content (AvgIpc) is 2.50. The Morgan fingerprint density at radius 2 is 1.76 bits per heavy atom. The maximum absolute atomic E-state index is 12.4. The summed E-state index contributed by atoms with van der Waals surface area (Å²) in [6.45, 7) is 0.417. The number of imide groups is 1. The van der Waals surface area contributed by atoms with Crippen molar-refractivity contribution in [2.75, 3.05) is 13.2 Å². The van der Waals surface area contributed by atoms with E-state index in [0.29, 0.717) is 19.4 Å². The van der Waals surface area contributed by atoms with Crippen LogP contribution in [0.1, 0.15) is 51.4 Å². The van der Waals surface area contributed by atoms with E-state index in [1.807, 2.05) is 0 Å². The highest BCUT2D eigenvalue weighted by atomic mass is 16.3. The Morgan fingerprint density at radius 3 is 2.35 bits per heavy atom. The van der Waals surface area contributed by atoms with Gasteiger partial charge in [-0.05, 0) is 19.3 Å². The molecule has 0 aromatic carbocycles. The van der Waals surface area contributed by atoms with Crippen LogP contribution in [-0.4, -0.2) is 35.0 Å². The monoisotopic (exact) mass is 239 g/mol. The molecular weight excluding hydrogens is 218 g/mol. The molecule has 0 unspecified atom stereocenters. The highest BCUT2D eigenvalue weighted by molar-refractivity contribution is 6.05. The molecule has 4 heteroatoms. The molecule has 1 aliphatic carbocycles. The maximum Gasteiger partial charge on any atom is 0.235 e. The van der Waals surface area contributed by atoms with Crippen molar-refractivity contribution in [3.05, 3.63) is 0 Å². The summed E-state index contributed by atoms with van der Waals surface area (Å²) in [5.74, 6) is -0.0109. The van der Waals surface area contributed by atoms with E-state index in [1.54, 1.807) is 0 Å². The van der Waals surface area contributed by atoms with Gasteiger partial charge in [0, 0.05) is 19.6 Å². The standard InChI is InChI=1S/C13H21NO3/c15-9-5-8-14-11(16)10-13(12(14)17)6-3-1-2-4-7-13/h15H,1-10H2. The molecule has 1 N–H and O–H groups in total. The number of aliphatic hydroxyl groups is 1. The second-order valence-electron chi connectivity index (χ2n) is 5.30. The third-order valence-electron chi connectivity index (χ3n) is 4.09. The van der Waals surface area contributed by atoms with Gasteiger partial charge < -0.3 is 5.11 Å². The molecule has 2 aliphatic rings. The molecule has 2 fully saturated rings. The maximum atomic E-state index is 12.4. The van der Waals surface area contributed by atoms with E-state index in [9.17, 15) is 9.59 Å². The fraction of sp³-hybridized carbons (Fsp3) is 0.846. The molecule has 0 bridgehead atoms. The van der Waals surface area contributed by atoms with Gasteiger partial charge in [-0.2, -0.15) is 0 Å². The lowest BCUT2D eigenvalue weighted by molar-refractivity contribution is -0.141. The number of aliphatic hydroxyl groups excluding tert-OH is 1. The van der Waals surface area contributed by atoms with Gasteiger partial charge >= 0.3 is 0 Å². The quantitative estimate of drug-likeness (QED) is 0.759. The van der Waals surface area contributed by atoms with Crippen LogP contribution < -0.4 is 0 Å². The number of hydrogen-bond acceptors (Lipinski definition) is 3. The summed E-state index contributed by atoms with van der Waals surface area (Å²) in [5, 5.41) is 8.80. The van der Waals surface area contributed by atoms with Gasteiger partial charge in [0.2, 0.25) is 11.8 Å². The van der Waals surface area contributed by atoms with Gasteiger partial charge in [0.1, 0.15) is 0 Å². The zero-order valence-corrected chi connectivity index (χ0v) is 10.3. The van der Waals surface area contributed by atoms with Crippen LogP contribution in [0.25, 0.3) is 0 Å². The minimum atomic E-state index is -0.386. The predicted octanol–water partition coefficient (Wildman–Crippen LogP) is 1.47. The van der Waals surface area contributed by atoms with E-state index < -0.39 is 0 Å². The van der Waals surface area contributed by atoms with Gasteiger partial charge in [0.05, 0.1) is 5.41 Å². The summed E-state index contributed by atoms with van der Waals surface area (Å²) in [7, 11) is 0. The lowest BCUT2D eigenvalue weighted by atomic mass is 9.79. The van der Waals surface area contributed by atoms with Gasteiger partial charge in [-0.25, -0.2) is 0 Å². The molecule has 1 aliphatic heterocycles. The largest absolute Gasteiger partial charge is 0.396 e. The van der Waals surface area contributed by atoms with Gasteiger partial charge in [0.25, 0.3) is 0 Å². The van der Waals surface area contributed by atoms with Crippen LogP contribution in [0.2, 0.25) is 0 Å². The van der Waals surface area contributed by atoms with Crippen LogP contribution in [-0.2, 0) is 9.59 Å². The van der Waals surface area contributed by atoms with Gasteiger partial charge in [-0.15, -0.1) is 0 Å². The van der Waals surface area contributed by atoms with Gasteiger partial charge in [-0.3, -0.25) is 14.5 Å². The molecule has 0 aromatic rings. The lowest BCUT2D eigenvalue weighted by Gasteiger charge is -2.24. The molecule has 1 spiro atoms. The molecule has 0 aromatic heterocycles. The smallest absolute Gasteiger partial charge is 0.235 e. The lowest BCUT2D eigenvalue weighted by Crippen LogP contribution is -2.36. The van der Waals surface area contributed by atoms with E-state index in [0.717, 1.165) is 25.7 Å². The Kier molecular flexibility index (Phi) is 3.82. The van der Waals surface area contributed by atoms with Crippen molar-refractivity contribution in [2.45, 2.75) is 51.4 Å². The minimum Gasteiger partial charge on any atom is -0.396 e. The Hall–Kier alpha value is -0.900. The molecule has 2 amide bonds. The van der Waals surface area contributed by atoms with Crippen molar-refractivity contribution in [2.24, 2.45) is 5.41 Å². The SMILES string of the molecule is O=C1CC2(CCCCCC2)C(=O)N1CCCO. The molecule has 0 radical (unpaired) electrons. The molecule has 2 rings (SSSR count). The van der Waals surface area contributed by atoms with Crippen LogP contribution in [0.3, 0.4) is 0 Å². The van der Waals surface area contributed by atoms with Crippen LogP contribution in [0.5, 0.6) is 0 Å². The molecular formula is C13H21NO3. The van der Waals surface area contributed by atoms with Crippen LogP contribution in [0.15, 0.2) is 0 Å². The minimum absolute atomic E-state index is 0.0258. The molecule has 4 nitrogen and oxygen atoms in total. The van der Waals surface area contributed by atoms with E-state index in [-0.39, 0.29) is 23.8 Å². The zero-order valence-electron chi connectivity index (χ0n) is 10.3. The molecule has 1 saturated heterocycles. The second-order valence-corrected chi connectivity index (χ2v) is 5.30. The molecule has 17 heavy (non-hydrogen) atoms. The first-order valence-corrected chi connectivity index (χ1v) is 6.65. The van der Waals surface area contributed by atoms with Gasteiger partial charge in [0.15, 0.2) is 0 Å². The Balaban J connectivity index is 2.10. The summed E-state index contributed by atoms with van der Waals surface area (Å²) in [6.07, 6.45) is 7.12. The number of hydrogen-bond donors (Lipinski definition) is 1. The highest BCUT2D eigenvalue weighted by Crippen LogP contribution is 2.44. The zero-order chi connectivity index (χ0) is 12.3. The summed E-state index contributed by atoms with van der Waals surface area (Å²) in [5.41, 5.74) is -0.386. The van der Waals surface area contributed by atoms with Gasteiger partial charge in [-0.1, -0.05) is 25.7 Å². The third kappa shape index (κ3) is 2.37. The summed E-state index contributed by atoms with van der Waals surface area (Å²) >= 11 is 0. The van der Waals surface area contributed by atoms with Crippen molar-refractivity contribution in [3.63, 3.8) is 0 Å². The first-order valence-electron chi connectivity index (χ1n) is 6.65. The molecule has 1 saturated carbocycles.